The van der Waals surface area contributed by atoms with Crippen molar-refractivity contribution in [2.24, 2.45) is 10.9 Å². The average Bonchev–Trinajstić information content (AvgIpc) is 3.16. The Kier molecular flexibility index (Phi) is 6.29. The van der Waals surface area contributed by atoms with Gasteiger partial charge in [0.05, 0.1) is 12.2 Å². The highest BCUT2D eigenvalue weighted by molar-refractivity contribution is 7.13. The van der Waals surface area contributed by atoms with Gasteiger partial charge < -0.3 is 15.5 Å². The highest BCUT2D eigenvalue weighted by Gasteiger charge is 2.19. The summed E-state index contributed by atoms with van der Waals surface area (Å²) in [5.74, 6) is 1.90. The number of aromatic nitrogens is 1. The summed E-state index contributed by atoms with van der Waals surface area (Å²) in [6, 6.07) is 0. The molecule has 1 aliphatic rings. The first-order valence-corrected chi connectivity index (χ1v) is 8.71. The molecule has 1 heterocycles. The van der Waals surface area contributed by atoms with E-state index in [-0.39, 0.29) is 0 Å². The van der Waals surface area contributed by atoms with Crippen LogP contribution in [-0.2, 0) is 6.54 Å². The summed E-state index contributed by atoms with van der Waals surface area (Å²) < 4.78 is 0. The number of rotatable bonds is 8. The van der Waals surface area contributed by atoms with Crippen molar-refractivity contribution in [1.29, 1.82) is 0 Å². The van der Waals surface area contributed by atoms with Crippen LogP contribution in [-0.4, -0.2) is 38.1 Å². The van der Waals surface area contributed by atoms with Crippen LogP contribution < -0.4 is 15.5 Å². The lowest BCUT2D eigenvalue weighted by molar-refractivity contribution is 0.644. The van der Waals surface area contributed by atoms with Crippen molar-refractivity contribution in [1.82, 2.24) is 15.6 Å². The molecule has 2 N–H and O–H groups in total. The monoisotopic (exact) mass is 309 g/mol. The molecule has 1 aromatic rings. The van der Waals surface area contributed by atoms with E-state index < -0.39 is 0 Å². The van der Waals surface area contributed by atoms with Crippen LogP contribution in [0.1, 0.15) is 38.3 Å². The Morgan fingerprint density at radius 1 is 1.43 bits per heavy atom. The lowest BCUT2D eigenvalue weighted by Crippen LogP contribution is -2.37. The Morgan fingerprint density at radius 3 is 2.86 bits per heavy atom. The Balaban J connectivity index is 1.77. The van der Waals surface area contributed by atoms with Gasteiger partial charge in [0, 0.05) is 32.6 Å². The first-order chi connectivity index (χ1) is 10.2. The van der Waals surface area contributed by atoms with Crippen molar-refractivity contribution >= 4 is 22.4 Å². The van der Waals surface area contributed by atoms with E-state index in [1.807, 2.05) is 19.0 Å². The smallest absolute Gasteiger partial charge is 0.191 e. The molecular formula is C15H27N5S. The maximum Gasteiger partial charge on any atom is 0.191 e. The topological polar surface area (TPSA) is 52.6 Å². The average molecular weight is 309 g/mol. The summed E-state index contributed by atoms with van der Waals surface area (Å²) in [6.45, 7) is 4.60. The zero-order valence-corrected chi connectivity index (χ0v) is 14.2. The number of aliphatic imine (C=N–C) groups is 1. The van der Waals surface area contributed by atoms with Crippen LogP contribution >= 0.6 is 11.3 Å². The molecule has 0 amide bonds. The van der Waals surface area contributed by atoms with Crippen LogP contribution in [0.15, 0.2) is 10.4 Å². The van der Waals surface area contributed by atoms with Crippen LogP contribution in [0.25, 0.3) is 0 Å². The first kappa shape index (κ1) is 16.1. The molecule has 0 saturated heterocycles. The highest BCUT2D eigenvalue weighted by Crippen LogP contribution is 2.33. The van der Waals surface area contributed by atoms with Crippen molar-refractivity contribution < 1.29 is 0 Å². The fourth-order valence-corrected chi connectivity index (χ4v) is 2.83. The number of nitrogens with zero attached hydrogens (tertiary/aromatic N) is 3. The van der Waals surface area contributed by atoms with E-state index in [2.05, 4.69) is 32.9 Å². The van der Waals surface area contributed by atoms with Gasteiger partial charge in [-0.3, -0.25) is 0 Å². The molecule has 0 aliphatic heterocycles. The molecule has 0 aromatic carbocycles. The molecule has 118 valence electrons. The SMILES string of the molecule is CCNC(=NCc1csc(N(C)C)n1)NCCCC1CC1. The number of guanidine groups is 1. The maximum absolute atomic E-state index is 4.61. The van der Waals surface area contributed by atoms with Crippen molar-refractivity contribution in [2.45, 2.75) is 39.2 Å². The van der Waals surface area contributed by atoms with Crippen LogP contribution in [0.2, 0.25) is 0 Å². The third kappa shape index (κ3) is 5.91. The predicted octanol–water partition coefficient (Wildman–Crippen LogP) is 2.45. The second-order valence-electron chi connectivity index (χ2n) is 5.72. The van der Waals surface area contributed by atoms with Crippen molar-refractivity contribution in [3.8, 4) is 0 Å². The largest absolute Gasteiger partial charge is 0.357 e. The van der Waals surface area contributed by atoms with Crippen LogP contribution in [0.3, 0.4) is 0 Å². The number of hydrogen-bond acceptors (Lipinski definition) is 4. The zero-order valence-electron chi connectivity index (χ0n) is 13.4. The Hall–Kier alpha value is -1.30. The van der Waals surface area contributed by atoms with Gasteiger partial charge in [-0.25, -0.2) is 9.98 Å². The van der Waals surface area contributed by atoms with E-state index in [4.69, 9.17) is 0 Å². The number of anilines is 1. The van der Waals surface area contributed by atoms with Crippen molar-refractivity contribution in [3.63, 3.8) is 0 Å². The molecule has 1 fully saturated rings. The first-order valence-electron chi connectivity index (χ1n) is 7.83. The third-order valence-electron chi connectivity index (χ3n) is 3.44. The van der Waals surface area contributed by atoms with Gasteiger partial charge in [0.2, 0.25) is 0 Å². The van der Waals surface area contributed by atoms with Crippen molar-refractivity contribution in [2.75, 3.05) is 32.1 Å². The highest BCUT2D eigenvalue weighted by atomic mass is 32.1. The second kappa shape index (κ2) is 8.22. The van der Waals surface area contributed by atoms with E-state index >= 15 is 0 Å². The molecule has 1 aromatic heterocycles. The molecule has 21 heavy (non-hydrogen) atoms. The van der Waals surface area contributed by atoms with E-state index in [0.29, 0.717) is 6.54 Å². The molecule has 0 radical (unpaired) electrons. The van der Waals surface area contributed by atoms with Gasteiger partial charge in [-0.1, -0.05) is 12.8 Å². The molecule has 1 saturated carbocycles. The summed E-state index contributed by atoms with van der Waals surface area (Å²) in [6.07, 6.45) is 5.46. The van der Waals surface area contributed by atoms with E-state index in [1.165, 1.54) is 25.7 Å². The van der Waals surface area contributed by atoms with E-state index in [1.54, 1.807) is 11.3 Å². The van der Waals surface area contributed by atoms with E-state index in [9.17, 15) is 0 Å². The Labute approximate surface area is 131 Å². The molecule has 0 spiro atoms. The molecule has 2 rings (SSSR count). The standard InChI is InChI=1S/C15H27N5S/c1-4-16-14(17-9-5-6-12-7-8-12)18-10-13-11-21-15(19-13)20(2)3/h11-12H,4-10H2,1-3H3,(H2,16,17,18). The van der Waals surface area contributed by atoms with Gasteiger partial charge in [0.25, 0.3) is 0 Å². The zero-order chi connectivity index (χ0) is 15.1. The summed E-state index contributed by atoms with van der Waals surface area (Å²) in [5.41, 5.74) is 1.03. The second-order valence-corrected chi connectivity index (χ2v) is 6.56. The Bertz CT molecular complexity index is 451. The molecule has 6 heteroatoms. The molecule has 5 nitrogen and oxygen atoms in total. The van der Waals surface area contributed by atoms with E-state index in [0.717, 1.165) is 35.8 Å². The van der Waals surface area contributed by atoms with Crippen LogP contribution in [0, 0.1) is 5.92 Å². The van der Waals surface area contributed by atoms with Crippen LogP contribution in [0.5, 0.6) is 0 Å². The summed E-state index contributed by atoms with van der Waals surface area (Å²) in [5, 5.41) is 9.81. The number of nitrogens with one attached hydrogen (secondary N) is 2. The lowest BCUT2D eigenvalue weighted by Gasteiger charge is -2.10. The summed E-state index contributed by atoms with van der Waals surface area (Å²) in [4.78, 5) is 11.2. The number of hydrogen-bond donors (Lipinski definition) is 2. The van der Waals surface area contributed by atoms with Gasteiger partial charge in [0.15, 0.2) is 11.1 Å². The summed E-state index contributed by atoms with van der Waals surface area (Å²) >= 11 is 1.66. The van der Waals surface area contributed by atoms with Gasteiger partial charge in [-0.15, -0.1) is 11.3 Å². The number of thiazole rings is 1. The summed E-state index contributed by atoms with van der Waals surface area (Å²) in [7, 11) is 4.02. The van der Waals surface area contributed by atoms with Crippen molar-refractivity contribution in [3.05, 3.63) is 11.1 Å². The molecule has 0 atom stereocenters. The van der Waals surface area contributed by atoms with Crippen LogP contribution in [0.4, 0.5) is 5.13 Å². The lowest BCUT2D eigenvalue weighted by atomic mass is 10.2. The fourth-order valence-electron chi connectivity index (χ4n) is 2.08. The molecule has 1 aliphatic carbocycles. The van der Waals surface area contributed by atoms with Gasteiger partial charge in [-0.05, 0) is 25.7 Å². The molecular weight excluding hydrogens is 282 g/mol. The minimum atomic E-state index is 0.627. The van der Waals surface area contributed by atoms with Gasteiger partial charge in [0.1, 0.15) is 0 Å². The normalized spacial score (nSPS) is 15.1. The molecule has 0 bridgehead atoms. The minimum absolute atomic E-state index is 0.627. The quantitative estimate of drug-likeness (QED) is 0.440. The maximum atomic E-state index is 4.61. The fraction of sp³-hybridized carbons (Fsp3) is 0.733. The molecule has 0 unspecified atom stereocenters. The minimum Gasteiger partial charge on any atom is -0.357 e. The van der Waals surface area contributed by atoms with Gasteiger partial charge >= 0.3 is 0 Å². The van der Waals surface area contributed by atoms with Gasteiger partial charge in [-0.2, -0.15) is 0 Å². The predicted molar refractivity (Wildman–Crippen MR) is 91.2 cm³/mol. The Morgan fingerprint density at radius 2 is 2.24 bits per heavy atom. The third-order valence-corrected chi connectivity index (χ3v) is 4.50.